The van der Waals surface area contributed by atoms with Crippen molar-refractivity contribution in [3.63, 3.8) is 0 Å². The second-order valence-electron chi connectivity index (χ2n) is 5.60. The van der Waals surface area contributed by atoms with Gasteiger partial charge < -0.3 is 5.73 Å². The molecule has 1 aliphatic carbocycles. The Kier molecular flexibility index (Phi) is 4.97. The normalized spacial score (nSPS) is 18.8. The predicted octanol–water partition coefficient (Wildman–Crippen LogP) is 2.83. The van der Waals surface area contributed by atoms with Crippen molar-refractivity contribution < 1.29 is 4.79 Å². The van der Waals surface area contributed by atoms with Crippen molar-refractivity contribution in [2.45, 2.75) is 57.5 Å². The van der Waals surface area contributed by atoms with Crippen LogP contribution in [-0.4, -0.2) is 11.9 Å². The highest BCUT2D eigenvalue weighted by Gasteiger charge is 2.22. The fraction of sp³-hybridized carbons (Fsp3) is 0.562. The quantitative estimate of drug-likeness (QED) is 0.818. The van der Waals surface area contributed by atoms with Crippen LogP contribution in [-0.2, 0) is 4.79 Å². The van der Waals surface area contributed by atoms with E-state index in [1.165, 1.54) is 31.2 Å². The van der Waals surface area contributed by atoms with Crippen molar-refractivity contribution in [3.05, 3.63) is 35.4 Å². The van der Waals surface area contributed by atoms with Gasteiger partial charge in [-0.15, -0.1) is 0 Å². The minimum absolute atomic E-state index is 0.284. The lowest BCUT2D eigenvalue weighted by Crippen LogP contribution is -2.39. The fourth-order valence-corrected chi connectivity index (χ4v) is 2.78. The number of carbonyl (C=O) groups excluding carboxylic acids is 1. The number of benzene rings is 1. The average Bonchev–Trinajstić information content (AvgIpc) is 2.65. The van der Waals surface area contributed by atoms with E-state index in [1.807, 2.05) is 31.2 Å². The number of nitrogens with two attached hydrogens (primary N) is 1. The molecule has 0 saturated heterocycles. The van der Waals surface area contributed by atoms with Crippen molar-refractivity contribution in [2.24, 2.45) is 5.73 Å². The molecule has 3 heteroatoms. The van der Waals surface area contributed by atoms with Crippen LogP contribution >= 0.6 is 0 Å². The third-order valence-corrected chi connectivity index (χ3v) is 3.95. The maximum absolute atomic E-state index is 11.7. The molecule has 1 saturated carbocycles. The Labute approximate surface area is 115 Å². The maximum Gasteiger partial charge on any atom is 0.239 e. The zero-order chi connectivity index (χ0) is 13.7. The van der Waals surface area contributed by atoms with Gasteiger partial charge in [0, 0.05) is 6.04 Å². The summed E-state index contributed by atoms with van der Waals surface area (Å²) in [7, 11) is 0. The van der Waals surface area contributed by atoms with Crippen molar-refractivity contribution >= 4 is 5.91 Å². The summed E-state index contributed by atoms with van der Waals surface area (Å²) in [6, 6.07) is 8.10. The van der Waals surface area contributed by atoms with Gasteiger partial charge in [0.15, 0.2) is 0 Å². The molecule has 2 rings (SSSR count). The highest BCUT2D eigenvalue weighted by atomic mass is 16.1. The highest BCUT2D eigenvalue weighted by molar-refractivity contribution is 5.81. The summed E-state index contributed by atoms with van der Waals surface area (Å²) in [5.41, 5.74) is 7.73. The Bertz CT molecular complexity index is 405. The van der Waals surface area contributed by atoms with Gasteiger partial charge >= 0.3 is 0 Å². The minimum Gasteiger partial charge on any atom is -0.368 e. The SMILES string of the molecule is Cc1ccc(C(NC2CCCCCC2)C(N)=O)cc1. The third-order valence-electron chi connectivity index (χ3n) is 3.95. The first-order valence-corrected chi connectivity index (χ1v) is 7.29. The smallest absolute Gasteiger partial charge is 0.239 e. The zero-order valence-corrected chi connectivity index (χ0v) is 11.7. The van der Waals surface area contributed by atoms with E-state index in [4.69, 9.17) is 5.73 Å². The van der Waals surface area contributed by atoms with Gasteiger partial charge in [0.25, 0.3) is 0 Å². The molecular weight excluding hydrogens is 236 g/mol. The van der Waals surface area contributed by atoms with E-state index in [0.29, 0.717) is 6.04 Å². The Morgan fingerprint density at radius 2 is 1.74 bits per heavy atom. The van der Waals surface area contributed by atoms with Gasteiger partial charge in [-0.25, -0.2) is 0 Å². The minimum atomic E-state index is -0.358. The van der Waals surface area contributed by atoms with Crippen LogP contribution in [0.4, 0.5) is 0 Å². The van der Waals surface area contributed by atoms with Crippen molar-refractivity contribution in [1.29, 1.82) is 0 Å². The third kappa shape index (κ3) is 4.06. The molecule has 3 N–H and O–H groups in total. The summed E-state index contributed by atoms with van der Waals surface area (Å²) < 4.78 is 0. The monoisotopic (exact) mass is 260 g/mol. The number of primary amides is 1. The summed E-state index contributed by atoms with van der Waals surface area (Å²) in [6.07, 6.45) is 7.41. The van der Waals surface area contributed by atoms with E-state index in [9.17, 15) is 4.79 Å². The van der Waals surface area contributed by atoms with E-state index >= 15 is 0 Å². The van der Waals surface area contributed by atoms with Crippen LogP contribution in [0, 0.1) is 6.92 Å². The number of aryl methyl sites for hydroxylation is 1. The van der Waals surface area contributed by atoms with Gasteiger partial charge in [-0.3, -0.25) is 10.1 Å². The molecule has 0 spiro atoms. The Hall–Kier alpha value is -1.35. The summed E-state index contributed by atoms with van der Waals surface area (Å²) in [4.78, 5) is 11.7. The summed E-state index contributed by atoms with van der Waals surface area (Å²) in [6.45, 7) is 2.04. The van der Waals surface area contributed by atoms with E-state index in [0.717, 1.165) is 18.4 Å². The van der Waals surface area contributed by atoms with Crippen LogP contribution in [0.5, 0.6) is 0 Å². The molecule has 1 aliphatic rings. The molecule has 104 valence electrons. The van der Waals surface area contributed by atoms with Crippen LogP contribution < -0.4 is 11.1 Å². The second-order valence-corrected chi connectivity index (χ2v) is 5.60. The van der Waals surface area contributed by atoms with Gasteiger partial charge in [0.1, 0.15) is 6.04 Å². The molecule has 1 atom stereocenters. The number of rotatable bonds is 4. The van der Waals surface area contributed by atoms with Crippen LogP contribution in [0.15, 0.2) is 24.3 Å². The zero-order valence-electron chi connectivity index (χ0n) is 11.7. The first-order valence-electron chi connectivity index (χ1n) is 7.29. The molecule has 0 aromatic heterocycles. The van der Waals surface area contributed by atoms with E-state index in [2.05, 4.69) is 5.32 Å². The molecule has 1 amide bonds. The van der Waals surface area contributed by atoms with Crippen molar-refractivity contribution in [1.82, 2.24) is 5.32 Å². The molecule has 0 heterocycles. The lowest BCUT2D eigenvalue weighted by molar-refractivity contribution is -0.120. The maximum atomic E-state index is 11.7. The van der Waals surface area contributed by atoms with Gasteiger partial charge in [-0.05, 0) is 25.3 Å². The summed E-state index contributed by atoms with van der Waals surface area (Å²) in [5, 5.41) is 3.46. The molecule has 3 nitrogen and oxygen atoms in total. The average molecular weight is 260 g/mol. The molecule has 0 radical (unpaired) electrons. The van der Waals surface area contributed by atoms with E-state index < -0.39 is 0 Å². The van der Waals surface area contributed by atoms with Crippen molar-refractivity contribution in [2.75, 3.05) is 0 Å². The Balaban J connectivity index is 2.07. The van der Waals surface area contributed by atoms with Crippen LogP contribution in [0.3, 0.4) is 0 Å². The summed E-state index contributed by atoms with van der Waals surface area (Å²) in [5.74, 6) is -0.284. The number of nitrogens with one attached hydrogen (secondary N) is 1. The van der Waals surface area contributed by atoms with Gasteiger partial charge in [0.2, 0.25) is 5.91 Å². The highest BCUT2D eigenvalue weighted by Crippen LogP contribution is 2.21. The van der Waals surface area contributed by atoms with Crippen LogP contribution in [0.25, 0.3) is 0 Å². The number of carbonyl (C=O) groups is 1. The Morgan fingerprint density at radius 1 is 1.16 bits per heavy atom. The largest absolute Gasteiger partial charge is 0.368 e. The lowest BCUT2D eigenvalue weighted by Gasteiger charge is -2.23. The molecular formula is C16H24N2O. The number of hydrogen-bond donors (Lipinski definition) is 2. The first-order chi connectivity index (χ1) is 9.16. The van der Waals surface area contributed by atoms with Crippen molar-refractivity contribution in [3.8, 4) is 0 Å². The molecule has 1 aromatic carbocycles. The van der Waals surface area contributed by atoms with Crippen LogP contribution in [0.1, 0.15) is 55.7 Å². The first kappa shape index (κ1) is 14.1. The molecule has 1 fully saturated rings. The standard InChI is InChI=1S/C16H24N2O/c1-12-8-10-13(11-9-12)15(16(17)19)18-14-6-4-2-3-5-7-14/h8-11,14-15,18H,2-7H2,1H3,(H2,17,19). The predicted molar refractivity (Wildman–Crippen MR) is 77.7 cm³/mol. The second kappa shape index (κ2) is 6.71. The summed E-state index contributed by atoms with van der Waals surface area (Å²) >= 11 is 0. The van der Waals surface area contributed by atoms with Crippen LogP contribution in [0.2, 0.25) is 0 Å². The molecule has 1 aromatic rings. The molecule has 0 aliphatic heterocycles. The Morgan fingerprint density at radius 3 is 2.26 bits per heavy atom. The lowest BCUT2D eigenvalue weighted by atomic mass is 10.0. The number of hydrogen-bond acceptors (Lipinski definition) is 2. The van der Waals surface area contributed by atoms with Gasteiger partial charge in [0.05, 0.1) is 0 Å². The molecule has 19 heavy (non-hydrogen) atoms. The fourth-order valence-electron chi connectivity index (χ4n) is 2.78. The van der Waals surface area contributed by atoms with Gasteiger partial charge in [-0.1, -0.05) is 55.5 Å². The van der Waals surface area contributed by atoms with Gasteiger partial charge in [-0.2, -0.15) is 0 Å². The molecule has 0 bridgehead atoms. The topological polar surface area (TPSA) is 55.1 Å². The van der Waals surface area contributed by atoms with E-state index in [-0.39, 0.29) is 11.9 Å². The van der Waals surface area contributed by atoms with E-state index in [1.54, 1.807) is 0 Å². The number of amides is 1. The molecule has 1 unspecified atom stereocenters.